The number of ether oxygens (including phenoxy) is 1. The summed E-state index contributed by atoms with van der Waals surface area (Å²) in [5, 5.41) is 3.43. The molecule has 1 aliphatic heterocycles. The van der Waals surface area contributed by atoms with E-state index in [1.165, 1.54) is 0 Å². The fourth-order valence-electron chi connectivity index (χ4n) is 2.29. The van der Waals surface area contributed by atoms with E-state index in [1.54, 1.807) is 13.0 Å². The van der Waals surface area contributed by atoms with Crippen LogP contribution < -0.4 is 5.32 Å². The number of hydrogen-bond acceptors (Lipinski definition) is 3. The molecular weight excluding hydrogens is 231 g/mol. The molecule has 1 unspecified atom stereocenters. The fraction of sp³-hybridized carbons (Fsp3) is 0.571. The van der Waals surface area contributed by atoms with Crippen LogP contribution in [0.25, 0.3) is 0 Å². The van der Waals surface area contributed by atoms with E-state index >= 15 is 0 Å². The third-order valence-corrected chi connectivity index (χ3v) is 3.21. The molecule has 3 nitrogen and oxygen atoms in total. The van der Waals surface area contributed by atoms with Gasteiger partial charge in [-0.3, -0.25) is 0 Å². The molecule has 1 fully saturated rings. The lowest BCUT2D eigenvalue weighted by atomic mass is 10.1. The van der Waals surface area contributed by atoms with Crippen LogP contribution >= 0.6 is 0 Å². The van der Waals surface area contributed by atoms with Gasteiger partial charge in [-0.25, -0.2) is 4.39 Å². The highest BCUT2D eigenvalue weighted by atomic mass is 19.1. The highest BCUT2D eigenvalue weighted by Crippen LogP contribution is 2.11. The van der Waals surface area contributed by atoms with Crippen molar-refractivity contribution >= 4 is 0 Å². The highest BCUT2D eigenvalue weighted by molar-refractivity contribution is 5.23. The molecular formula is C14H21FN2O. The number of morpholine rings is 1. The molecule has 0 radical (unpaired) electrons. The Bertz CT molecular complexity index is 391. The molecule has 0 aliphatic carbocycles. The van der Waals surface area contributed by atoms with Crippen LogP contribution in [-0.2, 0) is 11.3 Å². The topological polar surface area (TPSA) is 24.5 Å². The van der Waals surface area contributed by atoms with Gasteiger partial charge in [-0.2, -0.15) is 0 Å². The summed E-state index contributed by atoms with van der Waals surface area (Å²) >= 11 is 0. The zero-order valence-electron chi connectivity index (χ0n) is 11.1. The summed E-state index contributed by atoms with van der Waals surface area (Å²) in [6.45, 7) is 6.07. The second-order valence-corrected chi connectivity index (χ2v) is 5.01. The molecule has 100 valence electrons. The summed E-state index contributed by atoms with van der Waals surface area (Å²) in [4.78, 5) is 2.24. The molecule has 1 aromatic rings. The minimum Gasteiger partial charge on any atom is -0.378 e. The van der Waals surface area contributed by atoms with Crippen LogP contribution in [0.5, 0.6) is 0 Å². The van der Waals surface area contributed by atoms with E-state index in [4.69, 9.17) is 4.74 Å². The second-order valence-electron chi connectivity index (χ2n) is 5.01. The number of benzene rings is 1. The molecule has 1 saturated heterocycles. The van der Waals surface area contributed by atoms with Gasteiger partial charge in [0.15, 0.2) is 0 Å². The number of nitrogens with one attached hydrogen (secondary N) is 1. The Hall–Kier alpha value is -0.970. The van der Waals surface area contributed by atoms with E-state index in [2.05, 4.69) is 17.3 Å². The van der Waals surface area contributed by atoms with Crippen molar-refractivity contribution in [1.82, 2.24) is 10.2 Å². The van der Waals surface area contributed by atoms with E-state index in [0.29, 0.717) is 11.6 Å². The van der Waals surface area contributed by atoms with E-state index in [-0.39, 0.29) is 5.82 Å². The van der Waals surface area contributed by atoms with Crippen LogP contribution in [0.3, 0.4) is 0 Å². The first kappa shape index (κ1) is 13.5. The number of likely N-dealkylation sites (N-methyl/N-ethyl adjacent to an activating group) is 1. The van der Waals surface area contributed by atoms with Gasteiger partial charge >= 0.3 is 0 Å². The third-order valence-electron chi connectivity index (χ3n) is 3.21. The minimum atomic E-state index is -0.135. The average molecular weight is 252 g/mol. The summed E-state index contributed by atoms with van der Waals surface area (Å²) in [6.07, 6.45) is 0. The Kier molecular flexibility index (Phi) is 4.69. The van der Waals surface area contributed by atoms with Crippen LogP contribution in [0.4, 0.5) is 4.39 Å². The monoisotopic (exact) mass is 252 g/mol. The molecule has 0 aromatic heterocycles. The molecule has 1 N–H and O–H groups in total. The Labute approximate surface area is 108 Å². The normalized spacial score (nSPS) is 20.3. The molecule has 0 spiro atoms. The van der Waals surface area contributed by atoms with Crippen LogP contribution in [-0.4, -0.2) is 44.3 Å². The zero-order chi connectivity index (χ0) is 13.0. The molecule has 1 atom stereocenters. The number of halogens is 1. The van der Waals surface area contributed by atoms with Gasteiger partial charge in [0, 0.05) is 25.7 Å². The molecule has 0 bridgehead atoms. The van der Waals surface area contributed by atoms with E-state index in [9.17, 15) is 4.39 Å². The number of nitrogens with zero attached hydrogens (tertiary/aromatic N) is 1. The van der Waals surface area contributed by atoms with Gasteiger partial charge in [0.05, 0.1) is 13.2 Å². The van der Waals surface area contributed by atoms with Crippen LogP contribution in [0.1, 0.15) is 11.1 Å². The second kappa shape index (κ2) is 6.27. The van der Waals surface area contributed by atoms with Gasteiger partial charge in [0.2, 0.25) is 0 Å². The van der Waals surface area contributed by atoms with Crippen molar-refractivity contribution in [3.05, 3.63) is 35.1 Å². The standard InChI is InChI=1S/C14H21FN2O/c1-11-7-12(3-4-14(11)15)8-17(2)9-13-10-18-6-5-16-13/h3-4,7,13,16H,5-6,8-10H2,1-2H3. The highest BCUT2D eigenvalue weighted by Gasteiger charge is 2.15. The number of aryl methyl sites for hydroxylation is 1. The smallest absolute Gasteiger partial charge is 0.126 e. The summed E-state index contributed by atoms with van der Waals surface area (Å²) in [7, 11) is 2.08. The summed E-state index contributed by atoms with van der Waals surface area (Å²) < 4.78 is 18.6. The first-order chi connectivity index (χ1) is 8.65. The SMILES string of the molecule is Cc1cc(CN(C)CC2COCCN2)ccc1F. The van der Waals surface area contributed by atoms with Crippen molar-refractivity contribution in [3.8, 4) is 0 Å². The Morgan fingerprint density at radius 3 is 3.00 bits per heavy atom. The lowest BCUT2D eigenvalue weighted by molar-refractivity contribution is 0.0645. The van der Waals surface area contributed by atoms with Crippen LogP contribution in [0.2, 0.25) is 0 Å². The fourth-order valence-corrected chi connectivity index (χ4v) is 2.29. The zero-order valence-corrected chi connectivity index (χ0v) is 11.1. The van der Waals surface area contributed by atoms with E-state index < -0.39 is 0 Å². The summed E-state index contributed by atoms with van der Waals surface area (Å²) in [6, 6.07) is 5.70. The Balaban J connectivity index is 1.85. The molecule has 4 heteroatoms. The van der Waals surface area contributed by atoms with Crippen LogP contribution in [0, 0.1) is 12.7 Å². The van der Waals surface area contributed by atoms with Gasteiger partial charge < -0.3 is 15.0 Å². The number of hydrogen-bond donors (Lipinski definition) is 1. The van der Waals surface area contributed by atoms with Crippen LogP contribution in [0.15, 0.2) is 18.2 Å². The first-order valence-electron chi connectivity index (χ1n) is 6.40. The Morgan fingerprint density at radius 2 is 2.33 bits per heavy atom. The van der Waals surface area contributed by atoms with Gasteiger partial charge in [-0.15, -0.1) is 0 Å². The average Bonchev–Trinajstić information content (AvgIpc) is 2.35. The molecule has 18 heavy (non-hydrogen) atoms. The van der Waals surface area contributed by atoms with Gasteiger partial charge in [0.25, 0.3) is 0 Å². The summed E-state index contributed by atoms with van der Waals surface area (Å²) in [5.74, 6) is -0.135. The lowest BCUT2D eigenvalue weighted by Crippen LogP contribution is -2.47. The summed E-state index contributed by atoms with van der Waals surface area (Å²) in [5.41, 5.74) is 1.85. The van der Waals surface area contributed by atoms with E-state index in [0.717, 1.165) is 38.4 Å². The third kappa shape index (κ3) is 3.77. The molecule has 2 rings (SSSR count). The lowest BCUT2D eigenvalue weighted by Gasteiger charge is -2.28. The van der Waals surface area contributed by atoms with Gasteiger partial charge in [0.1, 0.15) is 5.82 Å². The van der Waals surface area contributed by atoms with Crippen molar-refractivity contribution in [2.24, 2.45) is 0 Å². The quantitative estimate of drug-likeness (QED) is 0.880. The molecule has 1 aromatic carbocycles. The molecule has 1 heterocycles. The predicted octanol–water partition coefficient (Wildman–Crippen LogP) is 1.55. The maximum Gasteiger partial charge on any atom is 0.126 e. The first-order valence-corrected chi connectivity index (χ1v) is 6.40. The Morgan fingerprint density at radius 1 is 1.50 bits per heavy atom. The molecule has 0 amide bonds. The maximum atomic E-state index is 13.2. The van der Waals surface area contributed by atoms with Crippen molar-refractivity contribution < 1.29 is 9.13 Å². The molecule has 0 saturated carbocycles. The minimum absolute atomic E-state index is 0.135. The van der Waals surface area contributed by atoms with Crippen molar-refractivity contribution in [2.45, 2.75) is 19.5 Å². The van der Waals surface area contributed by atoms with Crippen molar-refractivity contribution in [2.75, 3.05) is 33.4 Å². The maximum absolute atomic E-state index is 13.2. The van der Waals surface area contributed by atoms with Gasteiger partial charge in [-0.1, -0.05) is 12.1 Å². The van der Waals surface area contributed by atoms with E-state index in [1.807, 2.05) is 12.1 Å². The molecule has 1 aliphatic rings. The largest absolute Gasteiger partial charge is 0.378 e. The predicted molar refractivity (Wildman–Crippen MR) is 70.1 cm³/mol. The number of rotatable bonds is 4. The van der Waals surface area contributed by atoms with Gasteiger partial charge in [-0.05, 0) is 31.2 Å². The van der Waals surface area contributed by atoms with Crippen molar-refractivity contribution in [3.63, 3.8) is 0 Å². The van der Waals surface area contributed by atoms with Crippen molar-refractivity contribution in [1.29, 1.82) is 0 Å².